The summed E-state index contributed by atoms with van der Waals surface area (Å²) in [5.74, 6) is -10.2. The average molecular weight is 252 g/mol. The van der Waals surface area contributed by atoms with Crippen molar-refractivity contribution in [1.29, 1.82) is 0 Å². The minimum Gasteiger partial charge on any atom is -0.367 e. The van der Waals surface area contributed by atoms with Crippen molar-refractivity contribution in [1.82, 2.24) is 5.43 Å². The third-order valence-electron chi connectivity index (χ3n) is 2.03. The van der Waals surface area contributed by atoms with Crippen molar-refractivity contribution in [3.63, 3.8) is 0 Å². The van der Waals surface area contributed by atoms with Crippen molar-refractivity contribution in [3.05, 3.63) is 41.4 Å². The molecule has 0 spiro atoms. The Morgan fingerprint density at radius 3 is 1.82 bits per heavy atom. The summed E-state index contributed by atoms with van der Waals surface area (Å²) in [6.45, 7) is 3.32. The van der Waals surface area contributed by atoms with Gasteiger partial charge in [0.05, 0.1) is 6.54 Å². The van der Waals surface area contributed by atoms with Crippen molar-refractivity contribution in [2.24, 2.45) is 0 Å². The zero-order valence-corrected chi connectivity index (χ0v) is 8.16. The molecule has 1 N–H and O–H groups in total. The van der Waals surface area contributed by atoms with E-state index >= 15 is 0 Å². The first-order valence-electron chi connectivity index (χ1n) is 4.34. The third kappa shape index (κ3) is 1.70. The largest absolute Gasteiger partial charge is 0.367 e. The summed E-state index contributed by atoms with van der Waals surface area (Å²) in [6, 6.07) is 0. The molecule has 8 heteroatoms. The number of anilines is 1. The van der Waals surface area contributed by atoms with Crippen LogP contribution in [0.5, 0.6) is 0 Å². The zero-order valence-electron chi connectivity index (χ0n) is 8.16. The smallest absolute Gasteiger partial charge is 0.200 e. The lowest BCUT2D eigenvalue weighted by Crippen LogP contribution is -2.32. The monoisotopic (exact) mass is 252 g/mol. The Hall–Kier alpha value is -1.83. The van der Waals surface area contributed by atoms with Gasteiger partial charge in [0.1, 0.15) is 5.76 Å². The molecule has 0 atom stereocenters. The maximum absolute atomic E-state index is 13.3. The van der Waals surface area contributed by atoms with E-state index in [0.29, 0.717) is 5.17 Å². The Balaban J connectivity index is 2.57. The van der Waals surface area contributed by atoms with Crippen LogP contribution < -0.4 is 10.6 Å². The molecule has 2 rings (SSSR count). The number of hydrogen-bond acceptors (Lipinski definition) is 3. The summed E-state index contributed by atoms with van der Waals surface area (Å²) in [4.78, 5) is 4.65. The lowest BCUT2D eigenvalue weighted by molar-refractivity contribution is 0.203. The van der Waals surface area contributed by atoms with Gasteiger partial charge in [-0.15, -0.1) is 5.17 Å². The molecule has 1 saturated heterocycles. The maximum Gasteiger partial charge on any atom is 0.200 e. The molecule has 0 saturated carbocycles. The Labute approximate surface area is 92.0 Å². The lowest BCUT2D eigenvalue weighted by Gasteiger charge is -2.17. The highest BCUT2D eigenvalue weighted by atomic mass is 19.2. The Morgan fingerprint density at radius 1 is 0.941 bits per heavy atom. The molecule has 0 radical (unpaired) electrons. The van der Waals surface area contributed by atoms with Gasteiger partial charge in [-0.3, -0.25) is 0 Å². The molecular formula is C9H5F5N2O. The van der Waals surface area contributed by atoms with Crippen molar-refractivity contribution in [2.75, 3.05) is 11.7 Å². The van der Waals surface area contributed by atoms with Gasteiger partial charge in [0.15, 0.2) is 29.0 Å². The molecule has 17 heavy (non-hydrogen) atoms. The zero-order chi connectivity index (χ0) is 12.7. The van der Waals surface area contributed by atoms with Crippen LogP contribution >= 0.6 is 0 Å². The Bertz CT molecular complexity index is 476. The Kier molecular flexibility index (Phi) is 2.66. The third-order valence-corrected chi connectivity index (χ3v) is 2.03. The van der Waals surface area contributed by atoms with E-state index in [4.69, 9.17) is 0 Å². The van der Waals surface area contributed by atoms with Gasteiger partial charge in [0, 0.05) is 0 Å². The number of nitrogens with zero attached hydrogens (tertiary/aromatic N) is 1. The predicted molar refractivity (Wildman–Crippen MR) is 46.9 cm³/mol. The topological polar surface area (TPSA) is 24.5 Å². The summed E-state index contributed by atoms with van der Waals surface area (Å²) >= 11 is 0. The summed E-state index contributed by atoms with van der Waals surface area (Å²) in [5, 5.41) is 0.346. The quantitative estimate of drug-likeness (QED) is 0.471. The minimum atomic E-state index is -2.22. The second-order valence-corrected chi connectivity index (χ2v) is 3.18. The van der Waals surface area contributed by atoms with E-state index < -0.39 is 34.8 Å². The maximum atomic E-state index is 13.3. The summed E-state index contributed by atoms with van der Waals surface area (Å²) < 4.78 is 65.0. The molecule has 1 aliphatic rings. The molecular weight excluding hydrogens is 247 g/mol. The van der Waals surface area contributed by atoms with Crippen LogP contribution in [0.4, 0.5) is 27.6 Å². The van der Waals surface area contributed by atoms with Crippen molar-refractivity contribution in [3.8, 4) is 0 Å². The van der Waals surface area contributed by atoms with E-state index in [1.165, 1.54) is 0 Å². The summed E-state index contributed by atoms with van der Waals surface area (Å²) in [7, 11) is 0. The highest BCUT2D eigenvalue weighted by Crippen LogP contribution is 2.31. The van der Waals surface area contributed by atoms with Crippen molar-refractivity contribution in [2.45, 2.75) is 0 Å². The van der Waals surface area contributed by atoms with E-state index in [9.17, 15) is 22.0 Å². The van der Waals surface area contributed by atoms with Gasteiger partial charge in [-0.25, -0.2) is 22.0 Å². The molecule has 3 nitrogen and oxygen atoms in total. The molecule has 0 aromatic heterocycles. The van der Waals surface area contributed by atoms with E-state index in [2.05, 4.69) is 16.8 Å². The number of nitrogens with one attached hydrogen (secondary N) is 1. The van der Waals surface area contributed by atoms with Crippen LogP contribution in [0.2, 0.25) is 0 Å². The number of hydrogen-bond donors (Lipinski definition) is 1. The second kappa shape index (κ2) is 3.88. The Morgan fingerprint density at radius 2 is 1.41 bits per heavy atom. The molecule has 1 aromatic carbocycles. The van der Waals surface area contributed by atoms with Crippen LogP contribution in [0, 0.1) is 29.1 Å². The summed E-state index contributed by atoms with van der Waals surface area (Å²) in [6.07, 6.45) is 0. The standard InChI is InChI=1S/C9H5F5N2O/c1-3-2-15-16(17-3)9-7(13)5(11)4(10)6(12)8(9)14/h15H,1-2H2. The van der Waals surface area contributed by atoms with Gasteiger partial charge in [-0.2, -0.15) is 5.43 Å². The molecule has 0 bridgehead atoms. The normalized spacial score (nSPS) is 15.4. The van der Waals surface area contributed by atoms with E-state index in [1.807, 2.05) is 0 Å². The second-order valence-electron chi connectivity index (χ2n) is 3.18. The highest BCUT2D eigenvalue weighted by Gasteiger charge is 2.32. The summed E-state index contributed by atoms with van der Waals surface area (Å²) in [5.41, 5.74) is 1.05. The van der Waals surface area contributed by atoms with Gasteiger partial charge in [-0.1, -0.05) is 6.58 Å². The molecule has 92 valence electrons. The number of benzene rings is 1. The van der Waals surface area contributed by atoms with Crippen LogP contribution in [-0.4, -0.2) is 6.54 Å². The fourth-order valence-electron chi connectivity index (χ4n) is 1.25. The van der Waals surface area contributed by atoms with E-state index in [0.717, 1.165) is 0 Å². The van der Waals surface area contributed by atoms with Crippen LogP contribution in [0.1, 0.15) is 0 Å². The molecule has 0 unspecified atom stereocenters. The van der Waals surface area contributed by atoms with Gasteiger partial charge in [0.2, 0.25) is 5.82 Å². The first-order chi connectivity index (χ1) is 7.93. The number of hydrazine groups is 1. The minimum absolute atomic E-state index is 0.000501. The van der Waals surface area contributed by atoms with Gasteiger partial charge < -0.3 is 4.84 Å². The molecule has 1 aromatic rings. The van der Waals surface area contributed by atoms with Crippen LogP contribution in [-0.2, 0) is 4.84 Å². The first kappa shape index (κ1) is 11.6. The number of halogens is 5. The first-order valence-corrected chi connectivity index (χ1v) is 4.34. The lowest BCUT2D eigenvalue weighted by atomic mass is 10.2. The number of rotatable bonds is 1. The van der Waals surface area contributed by atoms with Crippen molar-refractivity contribution >= 4 is 5.69 Å². The van der Waals surface area contributed by atoms with Crippen LogP contribution in [0.25, 0.3) is 0 Å². The SMILES string of the molecule is C=C1CNN(c2c(F)c(F)c(F)c(F)c2F)O1. The molecule has 0 amide bonds. The molecule has 1 heterocycles. The van der Waals surface area contributed by atoms with Crippen molar-refractivity contribution < 1.29 is 26.8 Å². The van der Waals surface area contributed by atoms with Gasteiger partial charge >= 0.3 is 0 Å². The molecule has 1 aliphatic heterocycles. The van der Waals surface area contributed by atoms with Gasteiger partial charge in [0.25, 0.3) is 0 Å². The fourth-order valence-corrected chi connectivity index (χ4v) is 1.25. The average Bonchev–Trinajstić information content (AvgIpc) is 2.71. The van der Waals surface area contributed by atoms with E-state index in [-0.39, 0.29) is 12.3 Å². The van der Waals surface area contributed by atoms with Crippen LogP contribution in [0.15, 0.2) is 12.3 Å². The molecule has 0 aliphatic carbocycles. The molecule has 1 fully saturated rings. The van der Waals surface area contributed by atoms with Gasteiger partial charge in [-0.05, 0) is 0 Å². The highest BCUT2D eigenvalue weighted by molar-refractivity contribution is 5.48. The van der Waals surface area contributed by atoms with Crippen LogP contribution in [0.3, 0.4) is 0 Å². The van der Waals surface area contributed by atoms with E-state index in [1.54, 1.807) is 0 Å². The fraction of sp³-hybridized carbons (Fsp3) is 0.111. The predicted octanol–water partition coefficient (Wildman–Crippen LogP) is 2.15.